The van der Waals surface area contributed by atoms with Crippen LogP contribution in [-0.4, -0.2) is 30.8 Å². The summed E-state index contributed by atoms with van der Waals surface area (Å²) in [5.41, 5.74) is 1.60. The van der Waals surface area contributed by atoms with E-state index in [-0.39, 0.29) is 17.5 Å². The van der Waals surface area contributed by atoms with Gasteiger partial charge in [-0.05, 0) is 23.8 Å². The SMILES string of the molecule is CN(C)C(=O)/C(=C\c1ccccc1)NC(=O)c1ccccc1. The Bertz CT molecular complexity index is 677. The highest BCUT2D eigenvalue weighted by atomic mass is 16.2. The summed E-state index contributed by atoms with van der Waals surface area (Å²) in [5, 5.41) is 2.69. The third-order valence-corrected chi connectivity index (χ3v) is 3.03. The van der Waals surface area contributed by atoms with E-state index in [2.05, 4.69) is 5.32 Å². The fraction of sp³-hybridized carbons (Fsp3) is 0.111. The average Bonchev–Trinajstić information content (AvgIpc) is 2.55. The molecule has 0 saturated heterocycles. The molecule has 2 aromatic rings. The van der Waals surface area contributed by atoms with E-state index >= 15 is 0 Å². The lowest BCUT2D eigenvalue weighted by atomic mass is 10.1. The minimum Gasteiger partial charge on any atom is -0.344 e. The first-order valence-electron chi connectivity index (χ1n) is 6.92. The number of benzene rings is 2. The second kappa shape index (κ2) is 7.22. The third-order valence-electron chi connectivity index (χ3n) is 3.03. The van der Waals surface area contributed by atoms with Crippen molar-refractivity contribution in [3.63, 3.8) is 0 Å². The highest BCUT2D eigenvalue weighted by molar-refractivity contribution is 6.05. The van der Waals surface area contributed by atoms with E-state index in [4.69, 9.17) is 0 Å². The van der Waals surface area contributed by atoms with Gasteiger partial charge in [-0.1, -0.05) is 48.5 Å². The van der Waals surface area contributed by atoms with Gasteiger partial charge < -0.3 is 10.2 Å². The van der Waals surface area contributed by atoms with Crippen LogP contribution in [0.1, 0.15) is 15.9 Å². The van der Waals surface area contributed by atoms with E-state index in [1.807, 2.05) is 36.4 Å². The van der Waals surface area contributed by atoms with Crippen molar-refractivity contribution in [2.24, 2.45) is 0 Å². The van der Waals surface area contributed by atoms with Crippen LogP contribution in [0.2, 0.25) is 0 Å². The molecule has 0 unspecified atom stereocenters. The molecule has 112 valence electrons. The zero-order valence-corrected chi connectivity index (χ0v) is 12.6. The molecule has 0 atom stereocenters. The first-order chi connectivity index (χ1) is 10.6. The number of rotatable bonds is 4. The van der Waals surface area contributed by atoms with Crippen LogP contribution < -0.4 is 5.32 Å². The molecule has 0 aliphatic carbocycles. The summed E-state index contributed by atoms with van der Waals surface area (Å²) in [4.78, 5) is 25.9. The molecule has 4 heteroatoms. The second-order valence-electron chi connectivity index (χ2n) is 4.99. The number of amides is 2. The Morgan fingerprint density at radius 2 is 1.45 bits per heavy atom. The zero-order valence-electron chi connectivity index (χ0n) is 12.6. The first kappa shape index (κ1) is 15.5. The van der Waals surface area contributed by atoms with Gasteiger partial charge in [-0.3, -0.25) is 9.59 Å². The summed E-state index contributed by atoms with van der Waals surface area (Å²) in [7, 11) is 3.30. The molecule has 0 aliphatic heterocycles. The molecular formula is C18H18N2O2. The molecule has 2 amide bonds. The molecule has 0 aliphatic rings. The molecule has 0 heterocycles. The molecule has 0 saturated carbocycles. The molecule has 0 spiro atoms. The Balaban J connectivity index is 2.28. The Hall–Kier alpha value is -2.88. The Labute approximate surface area is 130 Å². The molecule has 4 nitrogen and oxygen atoms in total. The van der Waals surface area contributed by atoms with Crippen molar-refractivity contribution >= 4 is 17.9 Å². The van der Waals surface area contributed by atoms with Gasteiger partial charge in [0.1, 0.15) is 5.70 Å². The molecule has 22 heavy (non-hydrogen) atoms. The van der Waals surface area contributed by atoms with E-state index in [9.17, 15) is 9.59 Å². The number of hydrogen-bond acceptors (Lipinski definition) is 2. The van der Waals surface area contributed by atoms with Crippen molar-refractivity contribution in [3.8, 4) is 0 Å². The number of hydrogen-bond donors (Lipinski definition) is 1. The highest BCUT2D eigenvalue weighted by Crippen LogP contribution is 2.08. The van der Waals surface area contributed by atoms with Crippen LogP contribution in [0.15, 0.2) is 66.4 Å². The summed E-state index contributed by atoms with van der Waals surface area (Å²) < 4.78 is 0. The van der Waals surface area contributed by atoms with Gasteiger partial charge in [-0.15, -0.1) is 0 Å². The lowest BCUT2D eigenvalue weighted by molar-refractivity contribution is -0.124. The lowest BCUT2D eigenvalue weighted by Crippen LogP contribution is -2.34. The van der Waals surface area contributed by atoms with Gasteiger partial charge in [-0.25, -0.2) is 0 Å². The lowest BCUT2D eigenvalue weighted by Gasteiger charge is -2.15. The topological polar surface area (TPSA) is 49.4 Å². The van der Waals surface area contributed by atoms with Gasteiger partial charge >= 0.3 is 0 Å². The summed E-state index contributed by atoms with van der Waals surface area (Å²) in [5.74, 6) is -0.564. The predicted molar refractivity (Wildman–Crippen MR) is 87.0 cm³/mol. The fourth-order valence-electron chi connectivity index (χ4n) is 1.89. The Morgan fingerprint density at radius 1 is 0.909 bits per heavy atom. The van der Waals surface area contributed by atoms with Crippen molar-refractivity contribution in [1.29, 1.82) is 0 Å². The van der Waals surface area contributed by atoms with Gasteiger partial charge in [0, 0.05) is 19.7 Å². The summed E-state index contributed by atoms with van der Waals surface area (Å²) in [6.45, 7) is 0. The van der Waals surface area contributed by atoms with Gasteiger partial charge in [0.25, 0.3) is 11.8 Å². The molecule has 1 N–H and O–H groups in total. The average molecular weight is 294 g/mol. The Kier molecular flexibility index (Phi) is 5.09. The highest BCUT2D eigenvalue weighted by Gasteiger charge is 2.15. The maximum atomic E-state index is 12.3. The van der Waals surface area contributed by atoms with Crippen molar-refractivity contribution in [2.75, 3.05) is 14.1 Å². The van der Waals surface area contributed by atoms with E-state index in [1.54, 1.807) is 44.4 Å². The number of likely N-dealkylation sites (N-methyl/N-ethyl adjacent to an activating group) is 1. The fourth-order valence-corrected chi connectivity index (χ4v) is 1.89. The van der Waals surface area contributed by atoms with Crippen LogP contribution in [-0.2, 0) is 4.79 Å². The third kappa shape index (κ3) is 4.06. The normalized spacial score (nSPS) is 10.9. The van der Waals surface area contributed by atoms with Crippen molar-refractivity contribution < 1.29 is 9.59 Å². The van der Waals surface area contributed by atoms with Gasteiger partial charge in [0.2, 0.25) is 0 Å². The van der Waals surface area contributed by atoms with Crippen LogP contribution in [0.25, 0.3) is 6.08 Å². The Morgan fingerprint density at radius 3 is 2.00 bits per heavy atom. The molecule has 0 bridgehead atoms. The zero-order chi connectivity index (χ0) is 15.9. The van der Waals surface area contributed by atoms with E-state index in [0.717, 1.165) is 5.56 Å². The minimum absolute atomic E-state index is 0.241. The number of carbonyl (C=O) groups excluding carboxylic acids is 2. The van der Waals surface area contributed by atoms with Crippen LogP contribution in [0.4, 0.5) is 0 Å². The quantitative estimate of drug-likeness (QED) is 0.881. The maximum absolute atomic E-state index is 12.3. The monoisotopic (exact) mass is 294 g/mol. The van der Waals surface area contributed by atoms with Crippen LogP contribution in [0, 0.1) is 0 Å². The van der Waals surface area contributed by atoms with Crippen molar-refractivity contribution in [3.05, 3.63) is 77.5 Å². The van der Waals surface area contributed by atoms with Crippen LogP contribution >= 0.6 is 0 Å². The smallest absolute Gasteiger partial charge is 0.269 e. The largest absolute Gasteiger partial charge is 0.344 e. The van der Waals surface area contributed by atoms with E-state index in [1.165, 1.54) is 4.90 Å². The summed E-state index contributed by atoms with van der Waals surface area (Å²) in [6, 6.07) is 18.2. The maximum Gasteiger partial charge on any atom is 0.269 e. The van der Waals surface area contributed by atoms with Gasteiger partial charge in [0.05, 0.1) is 0 Å². The standard InChI is InChI=1S/C18H18N2O2/c1-20(2)18(22)16(13-14-9-5-3-6-10-14)19-17(21)15-11-7-4-8-12-15/h3-13H,1-2H3,(H,19,21)/b16-13+. The van der Waals surface area contributed by atoms with Crippen molar-refractivity contribution in [2.45, 2.75) is 0 Å². The summed E-state index contributed by atoms with van der Waals surface area (Å²) >= 11 is 0. The number of carbonyl (C=O) groups is 2. The molecule has 2 rings (SSSR count). The van der Waals surface area contributed by atoms with Crippen LogP contribution in [0.3, 0.4) is 0 Å². The second-order valence-corrected chi connectivity index (χ2v) is 4.99. The van der Waals surface area contributed by atoms with E-state index < -0.39 is 0 Å². The van der Waals surface area contributed by atoms with E-state index in [0.29, 0.717) is 5.56 Å². The van der Waals surface area contributed by atoms with Gasteiger partial charge in [0.15, 0.2) is 0 Å². The number of nitrogens with one attached hydrogen (secondary N) is 1. The predicted octanol–water partition coefficient (Wildman–Crippen LogP) is 2.55. The molecule has 0 aromatic heterocycles. The van der Waals surface area contributed by atoms with Gasteiger partial charge in [-0.2, -0.15) is 0 Å². The van der Waals surface area contributed by atoms with Crippen LogP contribution in [0.5, 0.6) is 0 Å². The molecular weight excluding hydrogens is 276 g/mol. The number of nitrogens with zero attached hydrogens (tertiary/aromatic N) is 1. The van der Waals surface area contributed by atoms with Crippen molar-refractivity contribution in [1.82, 2.24) is 10.2 Å². The molecule has 2 aromatic carbocycles. The summed E-state index contributed by atoms with van der Waals surface area (Å²) in [6.07, 6.45) is 1.67. The molecule has 0 fully saturated rings. The molecule has 0 radical (unpaired) electrons. The minimum atomic E-state index is -0.307. The first-order valence-corrected chi connectivity index (χ1v) is 6.92.